The number of alkyl carbamates (subject to hydrolysis) is 1. The minimum atomic E-state index is -0.557. The Hall–Kier alpha value is -2.33. The van der Waals surface area contributed by atoms with E-state index in [0.29, 0.717) is 13.0 Å². The Morgan fingerprint density at radius 3 is 2.24 bits per heavy atom. The number of amides is 1. The predicted octanol–water partition coefficient (Wildman–Crippen LogP) is 2.88. The summed E-state index contributed by atoms with van der Waals surface area (Å²) in [4.78, 5) is 11.5. The number of cyclic esters (lactones) is 1. The van der Waals surface area contributed by atoms with E-state index in [1.807, 2.05) is 60.7 Å². The lowest BCUT2D eigenvalue weighted by Gasteiger charge is -2.17. The van der Waals surface area contributed by atoms with Crippen molar-refractivity contribution in [3.8, 4) is 0 Å². The molecule has 0 spiro atoms. The largest absolute Gasteiger partial charge is 0.417 e. The molecule has 0 unspecified atom stereocenters. The van der Waals surface area contributed by atoms with Crippen molar-refractivity contribution in [3.05, 3.63) is 71.8 Å². The van der Waals surface area contributed by atoms with E-state index >= 15 is 0 Å². The van der Waals surface area contributed by atoms with Crippen LogP contribution in [-0.2, 0) is 22.5 Å². The molecule has 1 fully saturated rings. The van der Waals surface area contributed by atoms with E-state index in [-0.39, 0.29) is 6.04 Å². The van der Waals surface area contributed by atoms with Crippen LogP contribution in [0.1, 0.15) is 11.1 Å². The molecule has 0 saturated carbocycles. The summed E-state index contributed by atoms with van der Waals surface area (Å²) in [7, 11) is 0. The van der Waals surface area contributed by atoms with E-state index in [0.717, 1.165) is 11.1 Å². The number of ether oxygens (including phenoxy) is 2. The third-order valence-electron chi connectivity index (χ3n) is 3.41. The first-order valence-corrected chi connectivity index (χ1v) is 6.98. The fraction of sp³-hybridized carbons (Fsp3) is 0.235. The molecule has 0 radical (unpaired) electrons. The molecule has 1 N–H and O–H groups in total. The summed E-state index contributed by atoms with van der Waals surface area (Å²) in [5.74, 6) is 0. The van der Waals surface area contributed by atoms with Gasteiger partial charge in [0.2, 0.25) is 6.29 Å². The maximum absolute atomic E-state index is 11.5. The second-order valence-corrected chi connectivity index (χ2v) is 5.01. The monoisotopic (exact) mass is 283 g/mol. The Bertz CT molecular complexity index is 585. The number of nitrogens with one attached hydrogen (secondary N) is 1. The zero-order valence-corrected chi connectivity index (χ0v) is 11.6. The molecule has 2 aromatic carbocycles. The van der Waals surface area contributed by atoms with Gasteiger partial charge in [-0.25, -0.2) is 4.79 Å². The average Bonchev–Trinajstić information content (AvgIpc) is 2.87. The van der Waals surface area contributed by atoms with Crippen LogP contribution in [-0.4, -0.2) is 18.4 Å². The van der Waals surface area contributed by atoms with Crippen molar-refractivity contribution in [2.24, 2.45) is 0 Å². The molecule has 0 aromatic heterocycles. The smallest absolute Gasteiger partial charge is 0.409 e. The van der Waals surface area contributed by atoms with Crippen LogP contribution in [0.25, 0.3) is 0 Å². The first-order chi connectivity index (χ1) is 10.3. The average molecular weight is 283 g/mol. The highest BCUT2D eigenvalue weighted by Gasteiger charge is 2.34. The maximum atomic E-state index is 11.5. The summed E-state index contributed by atoms with van der Waals surface area (Å²) >= 11 is 0. The number of rotatable bonds is 5. The molecule has 2 aromatic rings. The highest BCUT2D eigenvalue weighted by molar-refractivity contribution is 5.70. The van der Waals surface area contributed by atoms with Gasteiger partial charge < -0.3 is 14.8 Å². The summed E-state index contributed by atoms with van der Waals surface area (Å²) in [6.07, 6.45) is -0.293. The van der Waals surface area contributed by atoms with Crippen molar-refractivity contribution in [2.45, 2.75) is 25.4 Å². The predicted molar refractivity (Wildman–Crippen MR) is 78.6 cm³/mol. The molecule has 1 amide bonds. The second-order valence-electron chi connectivity index (χ2n) is 5.01. The minimum Gasteiger partial charge on any atom is -0.417 e. The molecule has 4 heteroatoms. The highest BCUT2D eigenvalue weighted by atomic mass is 16.7. The van der Waals surface area contributed by atoms with Gasteiger partial charge in [0.25, 0.3) is 0 Å². The van der Waals surface area contributed by atoms with E-state index in [2.05, 4.69) is 5.32 Å². The summed E-state index contributed by atoms with van der Waals surface area (Å²) in [5, 5.41) is 2.80. The van der Waals surface area contributed by atoms with Crippen molar-refractivity contribution >= 4 is 6.09 Å². The molecule has 2 atom stereocenters. The summed E-state index contributed by atoms with van der Waals surface area (Å²) < 4.78 is 10.9. The minimum absolute atomic E-state index is 0.163. The molecular weight excluding hydrogens is 266 g/mol. The molecule has 1 aliphatic rings. The Morgan fingerprint density at radius 1 is 0.952 bits per heavy atom. The Labute approximate surface area is 123 Å². The Morgan fingerprint density at radius 2 is 1.57 bits per heavy atom. The van der Waals surface area contributed by atoms with Crippen LogP contribution in [0.15, 0.2) is 60.7 Å². The van der Waals surface area contributed by atoms with Crippen molar-refractivity contribution in [3.63, 3.8) is 0 Å². The van der Waals surface area contributed by atoms with Gasteiger partial charge in [-0.2, -0.15) is 0 Å². The highest BCUT2D eigenvalue weighted by Crippen LogP contribution is 2.17. The van der Waals surface area contributed by atoms with Gasteiger partial charge in [-0.15, -0.1) is 0 Å². The zero-order chi connectivity index (χ0) is 14.5. The van der Waals surface area contributed by atoms with E-state index in [1.165, 1.54) is 0 Å². The standard InChI is InChI=1S/C17H17NO3/c19-17-18-15(11-13-7-3-1-4-8-13)16(21-17)20-12-14-9-5-2-6-10-14/h1-10,15-16H,11-12H2,(H,18,19)/t15-,16+/m0/s1. The van der Waals surface area contributed by atoms with E-state index in [1.54, 1.807) is 0 Å². The van der Waals surface area contributed by atoms with Gasteiger partial charge in [0, 0.05) is 0 Å². The number of hydrogen-bond donors (Lipinski definition) is 1. The van der Waals surface area contributed by atoms with Gasteiger partial charge >= 0.3 is 6.09 Å². The first-order valence-electron chi connectivity index (χ1n) is 6.98. The number of benzene rings is 2. The van der Waals surface area contributed by atoms with Gasteiger partial charge in [-0.05, 0) is 17.5 Å². The van der Waals surface area contributed by atoms with Crippen molar-refractivity contribution in [2.75, 3.05) is 0 Å². The molecule has 21 heavy (non-hydrogen) atoms. The van der Waals surface area contributed by atoms with Crippen LogP contribution in [0.5, 0.6) is 0 Å². The maximum Gasteiger partial charge on any atom is 0.409 e. The van der Waals surface area contributed by atoms with Gasteiger partial charge in [0.05, 0.1) is 12.6 Å². The summed E-state index contributed by atoms with van der Waals surface area (Å²) in [5.41, 5.74) is 2.19. The molecule has 1 saturated heterocycles. The van der Waals surface area contributed by atoms with Crippen molar-refractivity contribution in [1.82, 2.24) is 5.32 Å². The van der Waals surface area contributed by atoms with Crippen molar-refractivity contribution in [1.29, 1.82) is 0 Å². The lowest BCUT2D eigenvalue weighted by molar-refractivity contribution is -0.101. The molecule has 0 bridgehead atoms. The summed E-state index contributed by atoms with van der Waals surface area (Å²) in [6, 6.07) is 19.7. The molecule has 0 aliphatic carbocycles. The molecular formula is C17H17NO3. The van der Waals surface area contributed by atoms with Gasteiger partial charge in [-0.1, -0.05) is 60.7 Å². The third-order valence-corrected chi connectivity index (χ3v) is 3.41. The van der Waals surface area contributed by atoms with Crippen LogP contribution >= 0.6 is 0 Å². The van der Waals surface area contributed by atoms with E-state index < -0.39 is 12.4 Å². The first kappa shape index (κ1) is 13.6. The van der Waals surface area contributed by atoms with E-state index in [9.17, 15) is 4.79 Å². The van der Waals surface area contributed by atoms with Gasteiger partial charge in [0.1, 0.15) is 0 Å². The number of carbonyl (C=O) groups excluding carboxylic acids is 1. The lowest BCUT2D eigenvalue weighted by Crippen LogP contribution is -2.35. The number of hydrogen-bond acceptors (Lipinski definition) is 3. The van der Waals surface area contributed by atoms with E-state index in [4.69, 9.17) is 9.47 Å². The van der Waals surface area contributed by atoms with Gasteiger partial charge in [0.15, 0.2) is 0 Å². The SMILES string of the molecule is O=C1N[C@@H](Cc2ccccc2)[C@H](OCc2ccccc2)O1. The fourth-order valence-corrected chi connectivity index (χ4v) is 2.36. The fourth-order valence-electron chi connectivity index (χ4n) is 2.36. The Kier molecular flexibility index (Phi) is 4.17. The van der Waals surface area contributed by atoms with Crippen LogP contribution in [0.4, 0.5) is 4.79 Å². The molecule has 1 aliphatic heterocycles. The van der Waals surface area contributed by atoms with Crippen LogP contribution in [0.2, 0.25) is 0 Å². The third kappa shape index (κ3) is 3.61. The van der Waals surface area contributed by atoms with Crippen molar-refractivity contribution < 1.29 is 14.3 Å². The second kappa shape index (κ2) is 6.41. The molecule has 3 rings (SSSR count). The molecule has 108 valence electrons. The van der Waals surface area contributed by atoms with Crippen LogP contribution in [0, 0.1) is 0 Å². The van der Waals surface area contributed by atoms with Gasteiger partial charge in [-0.3, -0.25) is 0 Å². The topological polar surface area (TPSA) is 47.6 Å². The normalized spacial score (nSPS) is 20.9. The molecule has 1 heterocycles. The zero-order valence-electron chi connectivity index (χ0n) is 11.6. The van der Waals surface area contributed by atoms with Crippen LogP contribution in [0.3, 0.4) is 0 Å². The quantitative estimate of drug-likeness (QED) is 0.918. The lowest BCUT2D eigenvalue weighted by atomic mass is 10.1. The number of carbonyl (C=O) groups is 1. The van der Waals surface area contributed by atoms with Crippen LogP contribution < -0.4 is 5.32 Å². The molecule has 4 nitrogen and oxygen atoms in total. The summed E-state index contributed by atoms with van der Waals surface area (Å²) in [6.45, 7) is 0.422. The Balaban J connectivity index is 1.61.